The number of para-hydroxylation sites is 2. The summed E-state index contributed by atoms with van der Waals surface area (Å²) in [6, 6.07) is 16.4. The number of hydrogen-bond acceptors (Lipinski definition) is 6. The monoisotopic (exact) mass is 530 g/mol. The van der Waals surface area contributed by atoms with Crippen LogP contribution in [-0.4, -0.2) is 40.9 Å². The Morgan fingerprint density at radius 2 is 1.67 bits per heavy atom. The van der Waals surface area contributed by atoms with Gasteiger partial charge in [-0.15, -0.1) is 0 Å². The van der Waals surface area contributed by atoms with Crippen LogP contribution in [0.5, 0.6) is 5.75 Å². The number of methoxy groups -OCH3 is 1. The molecule has 1 aliphatic heterocycles. The van der Waals surface area contributed by atoms with E-state index in [0.29, 0.717) is 17.0 Å². The van der Waals surface area contributed by atoms with E-state index in [-0.39, 0.29) is 11.4 Å². The topological polar surface area (TPSA) is 143 Å². The van der Waals surface area contributed by atoms with Crippen LogP contribution in [-0.2, 0) is 24.7 Å². The van der Waals surface area contributed by atoms with E-state index in [4.69, 9.17) is 10.5 Å². The van der Waals surface area contributed by atoms with Crippen molar-refractivity contribution in [3.8, 4) is 5.75 Å². The Bertz CT molecular complexity index is 1430. The van der Waals surface area contributed by atoms with Gasteiger partial charge in [-0.2, -0.15) is 0 Å². The maximum absolute atomic E-state index is 14.7. The number of primary amides is 1. The number of fused-ring (bicyclic) bond motifs is 1. The van der Waals surface area contributed by atoms with Gasteiger partial charge in [-0.05, 0) is 54.8 Å². The quantitative estimate of drug-likeness (QED) is 0.424. The van der Waals surface area contributed by atoms with Crippen LogP contribution in [0, 0.1) is 11.3 Å². The van der Waals surface area contributed by atoms with E-state index in [0.717, 1.165) is 0 Å². The van der Waals surface area contributed by atoms with Crippen LogP contribution in [0.4, 0.5) is 17.1 Å². The molecule has 1 aromatic heterocycles. The number of aliphatic carboxylic acids is 1. The number of amides is 3. The number of carbonyl (C=O) groups excluding carboxylic acids is 3. The molecule has 0 spiro atoms. The van der Waals surface area contributed by atoms with Gasteiger partial charge in [0.2, 0.25) is 17.7 Å². The van der Waals surface area contributed by atoms with Gasteiger partial charge in [0, 0.05) is 6.20 Å². The molecule has 0 aliphatic carbocycles. The summed E-state index contributed by atoms with van der Waals surface area (Å²) in [5.74, 6) is -3.90. The van der Waals surface area contributed by atoms with Crippen LogP contribution in [0.25, 0.3) is 0 Å². The number of nitrogens with zero attached hydrogens (tertiary/aromatic N) is 3. The fourth-order valence-electron chi connectivity index (χ4n) is 5.30. The first-order valence-corrected chi connectivity index (χ1v) is 12.3. The van der Waals surface area contributed by atoms with Gasteiger partial charge in [-0.3, -0.25) is 34.0 Å². The van der Waals surface area contributed by atoms with Crippen molar-refractivity contribution in [3.63, 3.8) is 0 Å². The molecule has 3 amide bonds. The van der Waals surface area contributed by atoms with Crippen LogP contribution in [0.2, 0.25) is 0 Å². The minimum Gasteiger partial charge on any atom is -0.497 e. The average molecular weight is 531 g/mol. The number of carbonyl (C=O) groups is 4. The Hall–Kier alpha value is -4.73. The zero-order valence-corrected chi connectivity index (χ0v) is 22.1. The predicted octanol–water partition coefficient (Wildman–Crippen LogP) is 3.62. The lowest BCUT2D eigenvalue weighted by molar-refractivity contribution is -0.150. The van der Waals surface area contributed by atoms with Crippen LogP contribution >= 0.6 is 0 Å². The molecule has 10 heteroatoms. The van der Waals surface area contributed by atoms with E-state index >= 15 is 0 Å². The van der Waals surface area contributed by atoms with Crippen molar-refractivity contribution in [2.24, 2.45) is 17.1 Å². The number of ether oxygens (including phenoxy) is 1. The molecule has 39 heavy (non-hydrogen) atoms. The molecule has 4 rings (SSSR count). The number of nitrogens with two attached hydrogens (primary N) is 1. The molecule has 202 valence electrons. The summed E-state index contributed by atoms with van der Waals surface area (Å²) in [7, 11) is 1.50. The van der Waals surface area contributed by atoms with Crippen molar-refractivity contribution in [1.82, 2.24) is 4.98 Å². The molecule has 0 saturated carbocycles. The van der Waals surface area contributed by atoms with Crippen LogP contribution in [0.3, 0.4) is 0 Å². The molecule has 1 aliphatic rings. The maximum atomic E-state index is 14.7. The second kappa shape index (κ2) is 10.2. The minimum atomic E-state index is -2.11. The third-order valence-corrected chi connectivity index (χ3v) is 7.22. The summed E-state index contributed by atoms with van der Waals surface area (Å²) >= 11 is 0. The number of hydrogen-bond donors (Lipinski definition) is 2. The Morgan fingerprint density at radius 1 is 1.03 bits per heavy atom. The van der Waals surface area contributed by atoms with Gasteiger partial charge in [0.25, 0.3) is 0 Å². The number of benzene rings is 2. The second-order valence-electron chi connectivity index (χ2n) is 9.90. The number of anilines is 3. The summed E-state index contributed by atoms with van der Waals surface area (Å²) in [5.41, 5.74) is 3.46. The fourth-order valence-corrected chi connectivity index (χ4v) is 5.30. The summed E-state index contributed by atoms with van der Waals surface area (Å²) in [6.45, 7) is 4.77. The molecular formula is C29H30N4O6. The van der Waals surface area contributed by atoms with E-state index < -0.39 is 47.0 Å². The van der Waals surface area contributed by atoms with Gasteiger partial charge in [0.1, 0.15) is 11.2 Å². The molecule has 0 radical (unpaired) electrons. The normalized spacial score (nSPS) is 18.8. The van der Waals surface area contributed by atoms with Crippen molar-refractivity contribution in [3.05, 3.63) is 78.6 Å². The highest BCUT2D eigenvalue weighted by Gasteiger charge is 2.59. The zero-order chi connectivity index (χ0) is 28.5. The first-order chi connectivity index (χ1) is 18.5. The van der Waals surface area contributed by atoms with Gasteiger partial charge >= 0.3 is 5.97 Å². The fraction of sp³-hybridized carbons (Fsp3) is 0.276. The highest BCUT2D eigenvalue weighted by molar-refractivity contribution is 6.25. The molecule has 2 heterocycles. The summed E-state index contributed by atoms with van der Waals surface area (Å²) in [6.07, 6.45) is 2.16. The van der Waals surface area contributed by atoms with E-state index in [1.54, 1.807) is 74.5 Å². The first kappa shape index (κ1) is 27.3. The third kappa shape index (κ3) is 4.27. The van der Waals surface area contributed by atoms with Crippen LogP contribution < -0.4 is 20.3 Å². The maximum Gasteiger partial charge on any atom is 0.304 e. The van der Waals surface area contributed by atoms with Gasteiger partial charge < -0.3 is 15.6 Å². The lowest BCUT2D eigenvalue weighted by Crippen LogP contribution is -2.64. The summed E-state index contributed by atoms with van der Waals surface area (Å²) in [5, 5.41) is 9.85. The molecule has 0 fully saturated rings. The van der Waals surface area contributed by atoms with Gasteiger partial charge in [0.05, 0.1) is 36.8 Å². The molecule has 3 N–H and O–H groups in total. The Kier molecular flexibility index (Phi) is 7.14. The smallest absolute Gasteiger partial charge is 0.304 e. The number of rotatable bonds is 8. The number of carboxylic acids is 1. The van der Waals surface area contributed by atoms with E-state index in [1.165, 1.54) is 36.2 Å². The minimum absolute atomic E-state index is 0.220. The first-order valence-electron chi connectivity index (χ1n) is 12.3. The second-order valence-corrected chi connectivity index (χ2v) is 9.90. The highest BCUT2D eigenvalue weighted by Crippen LogP contribution is 2.50. The highest BCUT2D eigenvalue weighted by atomic mass is 16.5. The van der Waals surface area contributed by atoms with E-state index in [9.17, 15) is 24.3 Å². The lowest BCUT2D eigenvalue weighted by atomic mass is 9.74. The largest absolute Gasteiger partial charge is 0.497 e. The van der Waals surface area contributed by atoms with Gasteiger partial charge in [-0.1, -0.05) is 38.1 Å². The third-order valence-electron chi connectivity index (χ3n) is 7.22. The molecule has 3 aromatic rings. The van der Waals surface area contributed by atoms with Gasteiger partial charge in [0.15, 0.2) is 5.54 Å². The Balaban J connectivity index is 2.14. The molecule has 0 bridgehead atoms. The van der Waals surface area contributed by atoms with Crippen molar-refractivity contribution in [2.75, 3.05) is 16.9 Å². The average Bonchev–Trinajstić information content (AvgIpc) is 2.97. The molecule has 2 unspecified atom stereocenters. The molecule has 10 nitrogen and oxygen atoms in total. The number of pyridine rings is 1. The zero-order valence-electron chi connectivity index (χ0n) is 22.1. The van der Waals surface area contributed by atoms with Crippen molar-refractivity contribution in [1.29, 1.82) is 0 Å². The lowest BCUT2D eigenvalue weighted by Gasteiger charge is -2.46. The molecule has 2 aromatic carbocycles. The Labute approximate surface area is 226 Å². The Morgan fingerprint density at radius 3 is 2.18 bits per heavy atom. The molecular weight excluding hydrogens is 500 g/mol. The van der Waals surface area contributed by atoms with Crippen LogP contribution in [0.1, 0.15) is 32.8 Å². The van der Waals surface area contributed by atoms with E-state index in [2.05, 4.69) is 4.98 Å². The van der Waals surface area contributed by atoms with Crippen molar-refractivity contribution < 1.29 is 29.0 Å². The SMILES string of the molecule is COc1ccc(C(C(N)=O)(C(C)C)N2C(=O)C(C)(CC(=O)O)C(=O)N(c3cccnc3)c3ccccc32)cc1. The number of aromatic nitrogens is 1. The van der Waals surface area contributed by atoms with Gasteiger partial charge in [-0.25, -0.2) is 0 Å². The van der Waals surface area contributed by atoms with E-state index in [1.807, 2.05) is 0 Å². The summed E-state index contributed by atoms with van der Waals surface area (Å²) in [4.78, 5) is 61.3. The number of carboxylic acid groups (broad SMARTS) is 1. The molecule has 2 atom stereocenters. The van der Waals surface area contributed by atoms with Crippen molar-refractivity contribution in [2.45, 2.75) is 32.7 Å². The van der Waals surface area contributed by atoms with Crippen molar-refractivity contribution >= 4 is 40.8 Å². The predicted molar refractivity (Wildman–Crippen MR) is 144 cm³/mol. The van der Waals surface area contributed by atoms with Crippen LogP contribution in [0.15, 0.2) is 73.1 Å². The standard InChI is InChI=1S/C29H30N4O6/c1-18(2)29(25(30)36,19-11-13-21(39-4)14-12-19)33-23-10-6-5-9-22(23)32(20-8-7-15-31-17-20)26(37)28(3,27(33)38)16-24(34)35/h5-15,17-18H,16H2,1-4H3,(H2,30,36)(H,34,35). The summed E-state index contributed by atoms with van der Waals surface area (Å²) < 4.78 is 5.28. The molecule has 0 saturated heterocycles.